The molecule has 4 atom stereocenters. The van der Waals surface area contributed by atoms with Crippen LogP contribution in [0.25, 0.3) is 77.1 Å². The normalized spacial score (nSPS) is 18.3. The fourth-order valence-electron chi connectivity index (χ4n) is 18.6. The first-order valence-electron chi connectivity index (χ1n) is 50.8. The van der Waals surface area contributed by atoms with Crippen molar-refractivity contribution in [2.24, 2.45) is 7.05 Å². The van der Waals surface area contributed by atoms with Gasteiger partial charge in [-0.2, -0.15) is 0 Å². The lowest BCUT2D eigenvalue weighted by Gasteiger charge is -2.29. The van der Waals surface area contributed by atoms with Gasteiger partial charge in [-0.05, 0) is 193 Å². The van der Waals surface area contributed by atoms with E-state index in [1.807, 2.05) is 219 Å². The summed E-state index contributed by atoms with van der Waals surface area (Å²) >= 11 is 0. The van der Waals surface area contributed by atoms with E-state index >= 15 is 0 Å². The quantitative estimate of drug-likeness (QED) is 0.122. The standard InChI is InChI=1S/C19H18Si.4C16H16.C14H13N.C12H12.C10H16Si.C4H12Si/c1-20(17-11-5-2-6-12-17,18-13-7-3-8-14-18)19-15-9-4-10-16-19;1-11-7-6-9-13-12-8-4-5-10-14(12)16(2,3)15(11)13;1-11-7-6-10-14-15(11)12-8-4-5-9-13(12)16(14,2)3;1-11-8-9-15-13(10-11)12-6-4-5-7-14(12)16(15,2)3;1-11-8-9-13-12-6-4-5-7-14(12)16(2,3)15(13)10-11;1-10-6-5-8-12-11-7-3-4-9-13(11)15(2)14(10)12;1-9-3-5-12-8-10(2)4-6-11(12)7-9;1-9-5-7-10(8-6-9)11(2,3)4;1-5(2,3)4/h2-16H,1H3;4*4-10H,1-3H3;3-9H,1-2H3;3-8H,1-2H3;5-8H,1-4H3;1-4H3/i;4*2D3;;;;. The van der Waals surface area contributed by atoms with Crippen LogP contribution in [-0.2, 0) is 28.7 Å². The van der Waals surface area contributed by atoms with Gasteiger partial charge in [0, 0.05) is 69.5 Å². The molecular weight excluding hydrogens is 1580 g/mol. The number of nitrogens with zero attached hydrogens (tertiary/aromatic N) is 1. The second kappa shape index (κ2) is 38.4. The number of para-hydroxylation sites is 2. The Balaban J connectivity index is 0.000000134. The molecule has 0 saturated carbocycles. The first-order chi connectivity index (χ1) is 65.3. The summed E-state index contributed by atoms with van der Waals surface area (Å²) in [4.78, 5) is 0. The van der Waals surface area contributed by atoms with Crippen LogP contribution in [-0.4, -0.2) is 28.8 Å². The molecule has 0 aliphatic heterocycles. The van der Waals surface area contributed by atoms with Crippen LogP contribution in [0.5, 0.6) is 0 Å². The molecule has 0 fully saturated rings. The molecule has 1 nitrogen and oxygen atoms in total. The van der Waals surface area contributed by atoms with Gasteiger partial charge in [0.05, 0.1) is 13.6 Å². The van der Waals surface area contributed by atoms with Crippen LogP contribution >= 0.6 is 0 Å². The summed E-state index contributed by atoms with van der Waals surface area (Å²) in [5.74, 6) is 0. The Labute approximate surface area is 782 Å². The van der Waals surface area contributed by atoms with Crippen molar-refractivity contribution in [2.45, 2.75) is 185 Å². The van der Waals surface area contributed by atoms with Gasteiger partial charge in [0.15, 0.2) is 0 Å². The van der Waals surface area contributed by atoms with Gasteiger partial charge in [0.2, 0.25) is 0 Å². The lowest BCUT2D eigenvalue weighted by atomic mass is 9.80. The number of hydrogen-bond acceptors (Lipinski definition) is 0. The van der Waals surface area contributed by atoms with Crippen molar-refractivity contribution in [1.82, 2.24) is 4.57 Å². The highest BCUT2D eigenvalue weighted by molar-refractivity contribution is 7.10. The van der Waals surface area contributed by atoms with Crippen molar-refractivity contribution >= 4 is 77.5 Å². The minimum Gasteiger partial charge on any atom is -0.343 e. The molecule has 0 spiro atoms. The summed E-state index contributed by atoms with van der Waals surface area (Å²) in [6, 6.07) is 125. The molecule has 0 saturated heterocycles. The summed E-state index contributed by atoms with van der Waals surface area (Å²) in [6.07, 6.45) is 0. The Bertz CT molecular complexity index is 7050. The van der Waals surface area contributed by atoms with E-state index < -0.39 is 73.3 Å². The van der Waals surface area contributed by atoms with Gasteiger partial charge in [-0.3, -0.25) is 0 Å². The average molecular weight is 1720 g/mol. The monoisotopic (exact) mass is 1720 g/mol. The predicted molar refractivity (Wildman–Crippen MR) is 567 cm³/mol. The largest absolute Gasteiger partial charge is 0.343 e. The van der Waals surface area contributed by atoms with E-state index in [1.54, 1.807) is 5.19 Å². The Kier molecular flexibility index (Phi) is 23.5. The van der Waals surface area contributed by atoms with Crippen LogP contribution < -0.4 is 20.7 Å². The van der Waals surface area contributed by atoms with Crippen molar-refractivity contribution < 1.29 is 16.4 Å². The Morgan fingerprint density at radius 2 is 0.598 bits per heavy atom. The lowest BCUT2D eigenvalue weighted by molar-refractivity contribution is 0.655. The molecule has 0 amide bonds. The maximum absolute atomic E-state index is 8.02. The van der Waals surface area contributed by atoms with Crippen LogP contribution in [0.1, 0.15) is 161 Å². The van der Waals surface area contributed by atoms with Crippen LogP contribution in [0.15, 0.2) is 364 Å². The van der Waals surface area contributed by atoms with Crippen molar-refractivity contribution in [3.63, 3.8) is 0 Å². The molecule has 16 aromatic carbocycles. The minimum absolute atomic E-state index is 0.611. The van der Waals surface area contributed by atoms with Gasteiger partial charge in [-0.15, -0.1) is 0 Å². The molecule has 644 valence electrons. The molecule has 4 aliphatic rings. The SMILES string of the molecule is C[Si](C)(C)C.C[Si](c1ccccc1)(c1ccccc1)c1ccccc1.Cc1ccc([Si](C)(C)C)cc1.Cc1ccc2cc(C)ccc2c1.Cc1cccc2c3ccccc3n(C)c12.[2H]C([2H])([2H])C1(C)c2ccccc2-c2c(C)cccc21.[2H]C([2H])([2H])C1(C)c2ccccc2-c2cc(C)ccc21.[2H]C([2H])([2H])C1(C)c2ccccc2-c2ccc(C)cc21.[2H]C([2H])([2H])C1(C)c2ccccc2-c2cccc(C)c21. The molecule has 4 unspecified atom stereocenters. The highest BCUT2D eigenvalue weighted by Gasteiger charge is 2.40. The van der Waals surface area contributed by atoms with Crippen LogP contribution in [0.3, 0.4) is 0 Å². The van der Waals surface area contributed by atoms with Crippen LogP contribution in [0, 0.1) is 55.4 Å². The molecule has 0 N–H and O–H groups in total. The summed E-state index contributed by atoms with van der Waals surface area (Å²) in [7, 11) is -1.41. The van der Waals surface area contributed by atoms with E-state index in [1.165, 1.54) is 70.4 Å². The zero-order valence-corrected chi connectivity index (χ0v) is 81.6. The second-order valence-corrected chi connectivity index (χ2v) is 53.6. The summed E-state index contributed by atoms with van der Waals surface area (Å²) in [5, 5.41) is 11.3. The molecule has 21 rings (SSSR count). The smallest absolute Gasteiger partial charge is 0.145 e. The number of aryl methyl sites for hydroxylation is 9. The molecule has 0 bridgehead atoms. The molecule has 127 heavy (non-hydrogen) atoms. The number of aromatic nitrogens is 1. The van der Waals surface area contributed by atoms with E-state index in [9.17, 15) is 0 Å². The van der Waals surface area contributed by atoms with Crippen LogP contribution in [0.4, 0.5) is 0 Å². The number of fused-ring (bicyclic) bond motifs is 16. The second-order valence-electron chi connectivity index (χ2n) is 38.5. The van der Waals surface area contributed by atoms with E-state index in [2.05, 4.69) is 292 Å². The third-order valence-electron chi connectivity index (χ3n) is 25.3. The fourth-order valence-corrected chi connectivity index (χ4v) is 23.3. The lowest BCUT2D eigenvalue weighted by Crippen LogP contribution is -2.64. The van der Waals surface area contributed by atoms with Crippen molar-refractivity contribution in [3.8, 4) is 44.5 Å². The van der Waals surface area contributed by atoms with E-state index in [0.717, 1.165) is 111 Å². The molecule has 0 radical (unpaired) electrons. The van der Waals surface area contributed by atoms with E-state index in [0.29, 0.717) is 0 Å². The number of rotatable bonds is 4. The van der Waals surface area contributed by atoms with Gasteiger partial charge in [-0.1, -0.05) is 498 Å². The molecule has 17 aromatic rings. The molecular formula is C123H135NSi3. The molecule has 4 heteroatoms. The van der Waals surface area contributed by atoms with Gasteiger partial charge >= 0.3 is 0 Å². The first kappa shape index (κ1) is 77.6. The minimum atomic E-state index is -2.06. The molecule has 1 heterocycles. The zero-order valence-electron chi connectivity index (χ0n) is 90.6. The van der Waals surface area contributed by atoms with Crippen molar-refractivity contribution in [2.75, 3.05) is 0 Å². The Hall–Kier alpha value is -11.8. The average Bonchev–Trinajstić information content (AvgIpc) is 1.58. The van der Waals surface area contributed by atoms with E-state index in [4.69, 9.17) is 16.4 Å². The van der Waals surface area contributed by atoms with Crippen molar-refractivity contribution in [3.05, 3.63) is 453 Å². The molecule has 4 aliphatic carbocycles. The van der Waals surface area contributed by atoms with Crippen LogP contribution in [0.2, 0.25) is 52.4 Å². The summed E-state index contributed by atoms with van der Waals surface area (Å²) in [6.45, 7) is 34.6. The maximum atomic E-state index is 8.02. The number of hydrogen-bond donors (Lipinski definition) is 0. The fraction of sp³-hybridized carbons (Fsp3) is 0.236. The Morgan fingerprint density at radius 1 is 0.252 bits per heavy atom. The highest BCUT2D eigenvalue weighted by Crippen LogP contribution is 2.53. The van der Waals surface area contributed by atoms with Crippen molar-refractivity contribution in [1.29, 1.82) is 0 Å². The van der Waals surface area contributed by atoms with E-state index in [-0.39, 0.29) is 0 Å². The zero-order chi connectivity index (χ0) is 101. The topological polar surface area (TPSA) is 4.93 Å². The third kappa shape index (κ3) is 20.1. The van der Waals surface area contributed by atoms with Gasteiger partial charge in [0.25, 0.3) is 0 Å². The number of benzene rings is 16. The summed E-state index contributed by atoms with van der Waals surface area (Å²) in [5.41, 5.74) is 24.7. The first-order valence-corrected chi connectivity index (χ1v) is 54.8. The predicted octanol–water partition coefficient (Wildman–Crippen LogP) is 31.6. The van der Waals surface area contributed by atoms with Gasteiger partial charge < -0.3 is 4.57 Å². The Morgan fingerprint density at radius 3 is 1.13 bits per heavy atom. The highest BCUT2D eigenvalue weighted by atomic mass is 28.3. The third-order valence-corrected chi connectivity index (χ3v) is 31.8. The van der Waals surface area contributed by atoms with Gasteiger partial charge in [0.1, 0.15) is 8.07 Å². The van der Waals surface area contributed by atoms with Gasteiger partial charge in [-0.25, -0.2) is 0 Å². The molecule has 1 aromatic heterocycles. The maximum Gasteiger partial charge on any atom is 0.145 e. The summed E-state index contributed by atoms with van der Waals surface area (Å²) < 4.78 is 98.2.